The van der Waals surface area contributed by atoms with Gasteiger partial charge in [0.05, 0.1) is 17.2 Å². The van der Waals surface area contributed by atoms with Crippen LogP contribution < -0.4 is 10.1 Å². The number of nitrogens with zero attached hydrogens (tertiary/aromatic N) is 2. The van der Waals surface area contributed by atoms with Gasteiger partial charge in [-0.3, -0.25) is 4.79 Å². The third-order valence-electron chi connectivity index (χ3n) is 4.60. The van der Waals surface area contributed by atoms with E-state index in [0.29, 0.717) is 15.8 Å². The van der Waals surface area contributed by atoms with Crippen molar-refractivity contribution >= 4 is 40.3 Å². The number of nitrogens with one attached hydrogen (secondary N) is 1. The van der Waals surface area contributed by atoms with Crippen molar-refractivity contribution in [3.8, 4) is 22.7 Å². The molecule has 1 N–H and O–H groups in total. The SMILES string of the molecule is CCCOc1ccc(-c2nn(-c3ccccc3)cc2/C=C2\SC(=S)NC2=O)cc1C. The van der Waals surface area contributed by atoms with E-state index in [1.54, 1.807) is 0 Å². The Morgan fingerprint density at radius 2 is 2.03 bits per heavy atom. The predicted molar refractivity (Wildman–Crippen MR) is 126 cm³/mol. The van der Waals surface area contributed by atoms with Gasteiger partial charge in [0.25, 0.3) is 5.91 Å². The molecule has 1 saturated heterocycles. The molecule has 152 valence electrons. The number of thiocarbonyl (C=S) groups is 1. The van der Waals surface area contributed by atoms with Crippen molar-refractivity contribution in [3.05, 3.63) is 70.8 Å². The summed E-state index contributed by atoms with van der Waals surface area (Å²) in [4.78, 5) is 12.7. The van der Waals surface area contributed by atoms with Crippen LogP contribution in [0.15, 0.2) is 59.6 Å². The van der Waals surface area contributed by atoms with Gasteiger partial charge in [-0.2, -0.15) is 5.10 Å². The normalized spacial score (nSPS) is 14.9. The summed E-state index contributed by atoms with van der Waals surface area (Å²) >= 11 is 6.39. The minimum absolute atomic E-state index is 0.178. The molecule has 4 rings (SSSR count). The molecule has 1 aliphatic heterocycles. The van der Waals surface area contributed by atoms with Crippen molar-refractivity contribution in [1.82, 2.24) is 15.1 Å². The maximum Gasteiger partial charge on any atom is 0.263 e. The Kier molecular flexibility index (Phi) is 6.01. The Hall–Kier alpha value is -2.90. The van der Waals surface area contributed by atoms with Crippen LogP contribution in [0.25, 0.3) is 23.0 Å². The maximum absolute atomic E-state index is 12.2. The number of para-hydroxylation sites is 1. The summed E-state index contributed by atoms with van der Waals surface area (Å²) in [5.74, 6) is 0.696. The second-order valence-corrected chi connectivity index (χ2v) is 8.61. The van der Waals surface area contributed by atoms with Crippen LogP contribution in [0.2, 0.25) is 0 Å². The van der Waals surface area contributed by atoms with Crippen LogP contribution in [0.4, 0.5) is 0 Å². The van der Waals surface area contributed by atoms with Gasteiger partial charge in [-0.1, -0.05) is 49.1 Å². The molecule has 1 aromatic heterocycles. The summed E-state index contributed by atoms with van der Waals surface area (Å²) in [6, 6.07) is 15.9. The van der Waals surface area contributed by atoms with Crippen molar-refractivity contribution in [1.29, 1.82) is 0 Å². The number of ether oxygens (including phenoxy) is 1. The number of thioether (sulfide) groups is 1. The number of amides is 1. The number of benzene rings is 2. The summed E-state index contributed by atoms with van der Waals surface area (Å²) in [5, 5.41) is 7.49. The van der Waals surface area contributed by atoms with E-state index in [0.717, 1.165) is 40.2 Å². The lowest BCUT2D eigenvalue weighted by atomic mass is 10.0. The summed E-state index contributed by atoms with van der Waals surface area (Å²) in [6.07, 6.45) is 4.74. The van der Waals surface area contributed by atoms with Gasteiger partial charge in [0.15, 0.2) is 0 Å². The van der Waals surface area contributed by atoms with Crippen LogP contribution in [0.3, 0.4) is 0 Å². The number of carbonyl (C=O) groups excluding carboxylic acids is 1. The van der Waals surface area contributed by atoms with E-state index in [1.807, 2.05) is 66.3 Å². The third-order valence-corrected chi connectivity index (χ3v) is 5.76. The molecular formula is C23H21N3O2S2. The summed E-state index contributed by atoms with van der Waals surface area (Å²) in [5.41, 5.74) is 4.60. The van der Waals surface area contributed by atoms with Crippen LogP contribution in [-0.4, -0.2) is 26.6 Å². The van der Waals surface area contributed by atoms with E-state index >= 15 is 0 Å². The molecular weight excluding hydrogens is 414 g/mol. The highest BCUT2D eigenvalue weighted by atomic mass is 32.2. The zero-order valence-electron chi connectivity index (χ0n) is 16.7. The largest absolute Gasteiger partial charge is 0.493 e. The van der Waals surface area contributed by atoms with Crippen molar-refractivity contribution in [2.24, 2.45) is 0 Å². The topological polar surface area (TPSA) is 56.1 Å². The minimum Gasteiger partial charge on any atom is -0.493 e. The van der Waals surface area contributed by atoms with Crippen LogP contribution >= 0.6 is 24.0 Å². The van der Waals surface area contributed by atoms with Crippen LogP contribution in [0, 0.1) is 6.92 Å². The van der Waals surface area contributed by atoms with E-state index < -0.39 is 0 Å². The minimum atomic E-state index is -0.178. The quantitative estimate of drug-likeness (QED) is 0.430. The Morgan fingerprint density at radius 3 is 2.70 bits per heavy atom. The molecule has 2 heterocycles. The molecule has 1 amide bonds. The van der Waals surface area contributed by atoms with Gasteiger partial charge >= 0.3 is 0 Å². The molecule has 2 aromatic carbocycles. The van der Waals surface area contributed by atoms with Gasteiger partial charge in [0, 0.05) is 17.3 Å². The fourth-order valence-corrected chi connectivity index (χ4v) is 4.20. The van der Waals surface area contributed by atoms with Gasteiger partial charge in [-0.05, 0) is 55.3 Å². The fraction of sp³-hybridized carbons (Fsp3) is 0.174. The number of aromatic nitrogens is 2. The van der Waals surface area contributed by atoms with E-state index in [9.17, 15) is 4.79 Å². The number of aryl methyl sites for hydroxylation is 1. The smallest absolute Gasteiger partial charge is 0.263 e. The highest BCUT2D eigenvalue weighted by Gasteiger charge is 2.23. The summed E-state index contributed by atoms with van der Waals surface area (Å²) in [7, 11) is 0. The van der Waals surface area contributed by atoms with Gasteiger partial charge in [-0.25, -0.2) is 4.68 Å². The van der Waals surface area contributed by atoms with E-state index in [-0.39, 0.29) is 5.91 Å². The Morgan fingerprint density at radius 1 is 1.23 bits per heavy atom. The van der Waals surface area contributed by atoms with Gasteiger partial charge in [0.2, 0.25) is 0 Å². The lowest BCUT2D eigenvalue weighted by Gasteiger charge is -2.09. The number of hydrogen-bond acceptors (Lipinski definition) is 5. The molecule has 0 aliphatic carbocycles. The molecule has 0 bridgehead atoms. The Balaban J connectivity index is 1.79. The van der Waals surface area contributed by atoms with Crippen molar-refractivity contribution in [3.63, 3.8) is 0 Å². The fourth-order valence-electron chi connectivity index (χ4n) is 3.16. The molecule has 5 nitrogen and oxygen atoms in total. The second-order valence-electron chi connectivity index (χ2n) is 6.89. The zero-order valence-corrected chi connectivity index (χ0v) is 18.3. The number of rotatable bonds is 6. The maximum atomic E-state index is 12.2. The predicted octanol–water partition coefficient (Wildman–Crippen LogP) is 5.13. The molecule has 0 radical (unpaired) electrons. The van der Waals surface area contributed by atoms with Crippen molar-refractivity contribution < 1.29 is 9.53 Å². The van der Waals surface area contributed by atoms with Crippen molar-refractivity contribution in [2.45, 2.75) is 20.3 Å². The molecule has 7 heteroatoms. The molecule has 0 saturated carbocycles. The first-order valence-electron chi connectivity index (χ1n) is 9.69. The molecule has 1 aliphatic rings. The average molecular weight is 436 g/mol. The molecule has 0 spiro atoms. The number of carbonyl (C=O) groups is 1. The van der Waals surface area contributed by atoms with Crippen LogP contribution in [0.5, 0.6) is 5.75 Å². The van der Waals surface area contributed by atoms with E-state index in [1.165, 1.54) is 11.8 Å². The van der Waals surface area contributed by atoms with Gasteiger partial charge in [0.1, 0.15) is 15.8 Å². The first-order valence-corrected chi connectivity index (χ1v) is 10.9. The summed E-state index contributed by atoms with van der Waals surface area (Å²) < 4.78 is 8.10. The number of hydrogen-bond donors (Lipinski definition) is 1. The monoisotopic (exact) mass is 435 g/mol. The molecule has 30 heavy (non-hydrogen) atoms. The van der Waals surface area contributed by atoms with Crippen molar-refractivity contribution in [2.75, 3.05) is 6.61 Å². The lowest BCUT2D eigenvalue weighted by Crippen LogP contribution is -2.17. The van der Waals surface area contributed by atoms with Gasteiger partial charge in [-0.15, -0.1) is 0 Å². The highest BCUT2D eigenvalue weighted by molar-refractivity contribution is 8.26. The van der Waals surface area contributed by atoms with E-state index in [4.69, 9.17) is 22.1 Å². The van der Waals surface area contributed by atoms with Crippen LogP contribution in [-0.2, 0) is 4.79 Å². The standard InChI is InChI=1S/C23H21N3O2S2/c1-3-11-28-19-10-9-16(12-15(19)2)21-17(13-20-22(27)24-23(29)30-20)14-26(25-21)18-7-5-4-6-8-18/h4-10,12-14H,3,11H2,1-2H3,(H,24,27,29)/b20-13-. The Bertz CT molecular complexity index is 1140. The van der Waals surface area contributed by atoms with Gasteiger partial charge < -0.3 is 10.1 Å². The molecule has 3 aromatic rings. The third kappa shape index (κ3) is 4.32. The second kappa shape index (κ2) is 8.85. The summed E-state index contributed by atoms with van der Waals surface area (Å²) in [6.45, 7) is 4.80. The highest BCUT2D eigenvalue weighted by Crippen LogP contribution is 2.32. The first-order chi connectivity index (χ1) is 14.5. The molecule has 0 unspecified atom stereocenters. The Labute approximate surface area is 185 Å². The lowest BCUT2D eigenvalue weighted by molar-refractivity contribution is -0.115. The first kappa shape index (κ1) is 20.4. The zero-order chi connectivity index (χ0) is 21.1. The molecule has 1 fully saturated rings. The van der Waals surface area contributed by atoms with Crippen LogP contribution in [0.1, 0.15) is 24.5 Å². The average Bonchev–Trinajstić information content (AvgIpc) is 3.30. The molecule has 0 atom stereocenters. The van der Waals surface area contributed by atoms with E-state index in [2.05, 4.69) is 18.3 Å².